The summed E-state index contributed by atoms with van der Waals surface area (Å²) in [6.07, 6.45) is 0. The summed E-state index contributed by atoms with van der Waals surface area (Å²) >= 11 is 5.89. The molecule has 0 spiro atoms. The van der Waals surface area contributed by atoms with E-state index in [2.05, 4.69) is 10.6 Å². The van der Waals surface area contributed by atoms with Gasteiger partial charge in [-0.3, -0.25) is 19.7 Å². The molecule has 0 aliphatic heterocycles. The Morgan fingerprint density at radius 1 is 0.862 bits per heavy atom. The van der Waals surface area contributed by atoms with E-state index in [4.69, 9.17) is 11.6 Å². The van der Waals surface area contributed by atoms with Crippen molar-refractivity contribution in [2.75, 3.05) is 10.6 Å². The van der Waals surface area contributed by atoms with Gasteiger partial charge >= 0.3 is 0 Å². The maximum absolute atomic E-state index is 12.4. The minimum atomic E-state index is -0.524. The first kappa shape index (κ1) is 20.0. The van der Waals surface area contributed by atoms with Crippen LogP contribution in [-0.4, -0.2) is 16.7 Å². The first-order valence-corrected chi connectivity index (χ1v) is 8.94. The van der Waals surface area contributed by atoms with Crippen LogP contribution in [-0.2, 0) is 0 Å². The van der Waals surface area contributed by atoms with Crippen molar-refractivity contribution in [3.63, 3.8) is 0 Å². The van der Waals surface area contributed by atoms with Crippen LogP contribution in [0.2, 0.25) is 5.02 Å². The number of nitrogens with one attached hydrogen (secondary N) is 2. The van der Waals surface area contributed by atoms with Crippen LogP contribution < -0.4 is 10.6 Å². The van der Waals surface area contributed by atoms with Gasteiger partial charge in [0.25, 0.3) is 17.5 Å². The quantitative estimate of drug-likeness (QED) is 0.454. The van der Waals surface area contributed by atoms with E-state index in [-0.39, 0.29) is 17.2 Å². The zero-order valence-electron chi connectivity index (χ0n) is 15.3. The van der Waals surface area contributed by atoms with Crippen LogP contribution in [0, 0.1) is 17.0 Å². The summed E-state index contributed by atoms with van der Waals surface area (Å²) in [5.74, 6) is -0.778. The number of carbonyl (C=O) groups excluding carboxylic acids is 2. The Morgan fingerprint density at radius 2 is 1.41 bits per heavy atom. The third kappa shape index (κ3) is 4.97. The highest BCUT2D eigenvalue weighted by atomic mass is 35.5. The first-order valence-electron chi connectivity index (χ1n) is 8.57. The molecule has 2 N–H and O–H groups in total. The number of hydrogen-bond donors (Lipinski definition) is 2. The van der Waals surface area contributed by atoms with E-state index in [0.29, 0.717) is 27.5 Å². The Kier molecular flexibility index (Phi) is 5.90. The van der Waals surface area contributed by atoms with Crippen molar-refractivity contribution in [2.24, 2.45) is 0 Å². The molecule has 0 fully saturated rings. The minimum Gasteiger partial charge on any atom is -0.322 e. The molecule has 8 heteroatoms. The lowest BCUT2D eigenvalue weighted by molar-refractivity contribution is -0.385. The Hall–Kier alpha value is -3.71. The van der Waals surface area contributed by atoms with Gasteiger partial charge in [-0.05, 0) is 55.5 Å². The Bertz CT molecular complexity index is 1100. The van der Waals surface area contributed by atoms with Gasteiger partial charge < -0.3 is 10.6 Å². The van der Waals surface area contributed by atoms with Crippen LogP contribution in [0.5, 0.6) is 0 Å². The van der Waals surface area contributed by atoms with Crippen LogP contribution in [0.4, 0.5) is 17.1 Å². The van der Waals surface area contributed by atoms with Crippen LogP contribution >= 0.6 is 11.6 Å². The van der Waals surface area contributed by atoms with Crippen molar-refractivity contribution in [1.82, 2.24) is 0 Å². The lowest BCUT2D eigenvalue weighted by atomic mass is 10.1. The summed E-state index contributed by atoms with van der Waals surface area (Å²) in [5.41, 5.74) is 2.00. The smallest absolute Gasteiger partial charge is 0.273 e. The number of rotatable bonds is 5. The van der Waals surface area contributed by atoms with Crippen molar-refractivity contribution >= 4 is 40.5 Å². The van der Waals surface area contributed by atoms with E-state index >= 15 is 0 Å². The number of nitro groups is 1. The number of aryl methyl sites for hydroxylation is 1. The summed E-state index contributed by atoms with van der Waals surface area (Å²) in [6.45, 7) is 1.61. The number of halogens is 1. The van der Waals surface area contributed by atoms with Gasteiger partial charge in [0.05, 0.1) is 4.92 Å². The van der Waals surface area contributed by atoms with Crippen LogP contribution in [0.15, 0.2) is 66.7 Å². The molecule has 0 unspecified atom stereocenters. The second-order valence-corrected chi connectivity index (χ2v) is 6.69. The second kappa shape index (κ2) is 8.53. The van der Waals surface area contributed by atoms with Gasteiger partial charge in [-0.15, -0.1) is 0 Å². The summed E-state index contributed by atoms with van der Waals surface area (Å²) in [7, 11) is 0. The van der Waals surface area contributed by atoms with E-state index in [1.165, 1.54) is 18.2 Å². The summed E-state index contributed by atoms with van der Waals surface area (Å²) in [5, 5.41) is 16.9. The van der Waals surface area contributed by atoms with Gasteiger partial charge in [-0.2, -0.15) is 0 Å². The molecule has 7 nitrogen and oxygen atoms in total. The van der Waals surface area contributed by atoms with Crippen molar-refractivity contribution in [3.8, 4) is 0 Å². The molecule has 146 valence electrons. The average molecular weight is 410 g/mol. The van der Waals surface area contributed by atoms with E-state index in [0.717, 1.165) is 0 Å². The molecule has 3 rings (SSSR count). The molecule has 3 aromatic carbocycles. The predicted octanol–water partition coefficient (Wildman–Crippen LogP) is 5.06. The molecule has 0 radical (unpaired) electrons. The number of carbonyl (C=O) groups is 2. The molecule has 0 aromatic heterocycles. The molecule has 0 bridgehead atoms. The van der Waals surface area contributed by atoms with Gasteiger partial charge in [0, 0.05) is 39.2 Å². The second-order valence-electron chi connectivity index (χ2n) is 6.25. The largest absolute Gasteiger partial charge is 0.322 e. The summed E-state index contributed by atoms with van der Waals surface area (Å²) in [4.78, 5) is 35.1. The Morgan fingerprint density at radius 3 is 1.93 bits per heavy atom. The Balaban J connectivity index is 1.67. The fourth-order valence-corrected chi connectivity index (χ4v) is 2.81. The minimum absolute atomic E-state index is 0.114. The van der Waals surface area contributed by atoms with E-state index < -0.39 is 10.8 Å². The number of benzene rings is 3. The zero-order chi connectivity index (χ0) is 21.0. The molecule has 0 saturated carbocycles. The van der Waals surface area contributed by atoms with E-state index in [1.807, 2.05) is 0 Å². The van der Waals surface area contributed by atoms with Crippen molar-refractivity contribution < 1.29 is 14.5 Å². The SMILES string of the molecule is Cc1ccc(C(=O)Nc2ccc(NC(=O)c3cccc(Cl)c3)cc2)cc1[N+](=O)[O-]. The molecular weight excluding hydrogens is 394 g/mol. The number of nitrogens with zero attached hydrogens (tertiary/aromatic N) is 1. The van der Waals surface area contributed by atoms with Gasteiger partial charge in [0.2, 0.25) is 0 Å². The predicted molar refractivity (Wildman–Crippen MR) is 112 cm³/mol. The standard InChI is InChI=1S/C21H16ClN3O4/c1-13-5-6-15(12-19(13)25(28)29)21(27)24-18-9-7-17(8-10-18)23-20(26)14-3-2-4-16(22)11-14/h2-12H,1H3,(H,23,26)(H,24,27). The van der Waals surface area contributed by atoms with Crippen molar-refractivity contribution in [3.05, 3.63) is 98.6 Å². The van der Waals surface area contributed by atoms with E-state index in [1.54, 1.807) is 55.5 Å². The summed E-state index contributed by atoms with van der Waals surface area (Å²) in [6, 6.07) is 17.4. The first-order chi connectivity index (χ1) is 13.8. The highest BCUT2D eigenvalue weighted by molar-refractivity contribution is 6.31. The highest BCUT2D eigenvalue weighted by Crippen LogP contribution is 2.21. The zero-order valence-corrected chi connectivity index (χ0v) is 16.1. The third-order valence-electron chi connectivity index (χ3n) is 4.16. The number of hydrogen-bond acceptors (Lipinski definition) is 4. The number of amides is 2. The number of anilines is 2. The molecule has 0 heterocycles. The van der Waals surface area contributed by atoms with Gasteiger partial charge in [-0.1, -0.05) is 23.7 Å². The maximum atomic E-state index is 12.4. The molecule has 0 saturated heterocycles. The maximum Gasteiger partial charge on any atom is 0.273 e. The fourth-order valence-electron chi connectivity index (χ4n) is 2.62. The lowest BCUT2D eigenvalue weighted by Crippen LogP contribution is -2.13. The molecule has 29 heavy (non-hydrogen) atoms. The molecule has 0 aliphatic rings. The summed E-state index contributed by atoms with van der Waals surface area (Å²) < 4.78 is 0. The van der Waals surface area contributed by atoms with Gasteiger partial charge in [0.1, 0.15) is 0 Å². The molecule has 0 aliphatic carbocycles. The topological polar surface area (TPSA) is 101 Å². The van der Waals surface area contributed by atoms with E-state index in [9.17, 15) is 19.7 Å². The van der Waals surface area contributed by atoms with Crippen molar-refractivity contribution in [2.45, 2.75) is 6.92 Å². The normalized spacial score (nSPS) is 10.3. The van der Waals surface area contributed by atoms with Crippen LogP contribution in [0.1, 0.15) is 26.3 Å². The molecular formula is C21H16ClN3O4. The molecule has 2 amide bonds. The van der Waals surface area contributed by atoms with Crippen molar-refractivity contribution in [1.29, 1.82) is 0 Å². The average Bonchev–Trinajstić information content (AvgIpc) is 2.69. The highest BCUT2D eigenvalue weighted by Gasteiger charge is 2.15. The number of nitro benzene ring substituents is 1. The fraction of sp³-hybridized carbons (Fsp3) is 0.0476. The molecule has 3 aromatic rings. The third-order valence-corrected chi connectivity index (χ3v) is 4.39. The van der Waals surface area contributed by atoms with Crippen LogP contribution in [0.25, 0.3) is 0 Å². The van der Waals surface area contributed by atoms with Crippen LogP contribution in [0.3, 0.4) is 0 Å². The van der Waals surface area contributed by atoms with Gasteiger partial charge in [-0.25, -0.2) is 0 Å². The molecule has 0 atom stereocenters. The monoisotopic (exact) mass is 409 g/mol. The van der Waals surface area contributed by atoms with Gasteiger partial charge in [0.15, 0.2) is 0 Å². The lowest BCUT2D eigenvalue weighted by Gasteiger charge is -2.09. The Labute approximate surface area is 171 Å².